The maximum atomic E-state index is 6.28. The number of anilines is 1. The van der Waals surface area contributed by atoms with Gasteiger partial charge in [-0.25, -0.2) is 0 Å². The lowest BCUT2D eigenvalue weighted by Crippen LogP contribution is -2.46. The monoisotopic (exact) mass is 338 g/mol. The van der Waals surface area contributed by atoms with E-state index in [0.717, 1.165) is 22.7 Å². The highest BCUT2D eigenvalue weighted by atomic mass is 35.5. The lowest BCUT2D eigenvalue weighted by Gasteiger charge is -2.46. The van der Waals surface area contributed by atoms with Gasteiger partial charge in [0.15, 0.2) is 0 Å². The van der Waals surface area contributed by atoms with Crippen LogP contribution >= 0.6 is 23.2 Å². The minimum atomic E-state index is -0.123. The molecule has 116 valence electrons. The lowest BCUT2D eigenvalue weighted by atomic mass is 9.66. The van der Waals surface area contributed by atoms with Gasteiger partial charge in [-0.05, 0) is 19.1 Å². The van der Waals surface area contributed by atoms with Crippen LogP contribution in [0.2, 0.25) is 10.0 Å². The number of halogens is 2. The van der Waals surface area contributed by atoms with Crippen LogP contribution in [-0.2, 0) is 5.41 Å². The summed E-state index contributed by atoms with van der Waals surface area (Å²) in [6, 6.07) is 3.66. The average Bonchev–Trinajstić information content (AvgIpc) is 2.81. The average molecular weight is 339 g/mol. The highest BCUT2D eigenvalue weighted by Gasteiger charge is 2.49. The minimum absolute atomic E-state index is 0.0369. The van der Waals surface area contributed by atoms with Crippen LogP contribution in [0.4, 0.5) is 5.88 Å². The van der Waals surface area contributed by atoms with Crippen LogP contribution in [-0.4, -0.2) is 11.8 Å². The van der Waals surface area contributed by atoms with E-state index in [1.807, 2.05) is 13.0 Å². The van der Waals surface area contributed by atoms with Crippen LogP contribution in [0.15, 0.2) is 16.7 Å². The fraction of sp³-hybridized carbons (Fsp3) is 0.438. The Morgan fingerprint density at radius 1 is 1.32 bits per heavy atom. The van der Waals surface area contributed by atoms with Crippen molar-refractivity contribution in [3.63, 3.8) is 0 Å². The smallest absolute Gasteiger partial charge is 0.229 e. The SMILES string of the molecule is Cc1noc2c1C(C)(C)[C@H]1COc3c(Cl)cc(Cl)cc3[C@H]1N2. The molecule has 4 nitrogen and oxygen atoms in total. The first kappa shape index (κ1) is 14.2. The van der Waals surface area contributed by atoms with Gasteiger partial charge in [0.25, 0.3) is 0 Å². The molecule has 0 spiro atoms. The van der Waals surface area contributed by atoms with Crippen molar-refractivity contribution < 1.29 is 9.26 Å². The van der Waals surface area contributed by atoms with Crippen molar-refractivity contribution in [1.29, 1.82) is 0 Å². The van der Waals surface area contributed by atoms with E-state index in [-0.39, 0.29) is 17.4 Å². The Kier molecular flexibility index (Phi) is 2.94. The minimum Gasteiger partial charge on any atom is -0.491 e. The molecule has 0 amide bonds. The second-order valence-corrected chi connectivity index (χ2v) is 7.38. The van der Waals surface area contributed by atoms with E-state index in [1.165, 1.54) is 0 Å². The maximum absolute atomic E-state index is 6.28. The van der Waals surface area contributed by atoms with Crippen molar-refractivity contribution in [2.24, 2.45) is 5.92 Å². The fourth-order valence-corrected chi connectivity index (χ4v) is 4.37. The maximum Gasteiger partial charge on any atom is 0.229 e. The zero-order valence-electron chi connectivity index (χ0n) is 12.5. The summed E-state index contributed by atoms with van der Waals surface area (Å²) in [5.41, 5.74) is 2.89. The summed E-state index contributed by atoms with van der Waals surface area (Å²) in [7, 11) is 0. The molecular weight excluding hydrogens is 323 g/mol. The van der Waals surface area contributed by atoms with E-state index in [9.17, 15) is 0 Å². The molecule has 1 N–H and O–H groups in total. The van der Waals surface area contributed by atoms with E-state index >= 15 is 0 Å². The Bertz CT molecular complexity index is 770. The number of ether oxygens (including phenoxy) is 1. The van der Waals surface area contributed by atoms with E-state index in [4.69, 9.17) is 32.5 Å². The van der Waals surface area contributed by atoms with Gasteiger partial charge in [0, 0.05) is 27.5 Å². The molecule has 2 aliphatic rings. The van der Waals surface area contributed by atoms with E-state index in [1.54, 1.807) is 6.07 Å². The number of rotatable bonds is 0. The molecule has 0 bridgehead atoms. The van der Waals surface area contributed by atoms with Crippen molar-refractivity contribution in [3.05, 3.63) is 39.0 Å². The van der Waals surface area contributed by atoms with Crippen molar-refractivity contribution in [3.8, 4) is 5.75 Å². The molecule has 0 aliphatic carbocycles. The molecule has 22 heavy (non-hydrogen) atoms. The van der Waals surface area contributed by atoms with Gasteiger partial charge in [-0.2, -0.15) is 0 Å². The number of fused-ring (bicyclic) bond motifs is 4. The van der Waals surface area contributed by atoms with E-state index < -0.39 is 0 Å². The summed E-state index contributed by atoms with van der Waals surface area (Å²) in [4.78, 5) is 0. The quantitative estimate of drug-likeness (QED) is 0.753. The first-order valence-electron chi connectivity index (χ1n) is 7.24. The predicted octanol–water partition coefficient (Wildman–Crippen LogP) is 4.74. The second-order valence-electron chi connectivity index (χ2n) is 6.54. The molecule has 0 fully saturated rings. The normalized spacial score (nSPS) is 24.6. The molecule has 3 heterocycles. The molecule has 0 saturated carbocycles. The van der Waals surface area contributed by atoms with Gasteiger partial charge in [-0.3, -0.25) is 0 Å². The molecule has 4 rings (SSSR count). The standard InChI is InChI=1S/C16H16Cl2N2O2/c1-7-12-15(22-20-7)19-13-9-4-8(17)5-11(18)14(9)21-6-10(13)16(12,2)3/h4-5,10,13,19H,6H2,1-3H3/t10-,13+/m0/s1. The number of aromatic nitrogens is 1. The third-order valence-electron chi connectivity index (χ3n) is 4.90. The van der Waals surface area contributed by atoms with Gasteiger partial charge in [-0.15, -0.1) is 0 Å². The van der Waals surface area contributed by atoms with Crippen LogP contribution in [0.3, 0.4) is 0 Å². The molecular formula is C16H16Cl2N2O2. The van der Waals surface area contributed by atoms with E-state index in [0.29, 0.717) is 22.4 Å². The van der Waals surface area contributed by atoms with Crippen LogP contribution < -0.4 is 10.1 Å². The van der Waals surface area contributed by atoms with Crippen molar-refractivity contribution in [1.82, 2.24) is 5.16 Å². The topological polar surface area (TPSA) is 47.3 Å². The van der Waals surface area contributed by atoms with Crippen LogP contribution in [0.25, 0.3) is 0 Å². The lowest BCUT2D eigenvalue weighted by molar-refractivity contribution is 0.133. The highest BCUT2D eigenvalue weighted by Crippen LogP contribution is 2.54. The van der Waals surface area contributed by atoms with Crippen molar-refractivity contribution in [2.45, 2.75) is 32.2 Å². The van der Waals surface area contributed by atoms with Crippen LogP contribution in [0.1, 0.15) is 36.7 Å². The fourth-order valence-electron chi connectivity index (χ4n) is 3.81. The molecule has 0 unspecified atom stereocenters. The zero-order valence-corrected chi connectivity index (χ0v) is 14.0. The van der Waals surface area contributed by atoms with Crippen molar-refractivity contribution >= 4 is 29.1 Å². The van der Waals surface area contributed by atoms with Crippen molar-refractivity contribution in [2.75, 3.05) is 11.9 Å². The number of aryl methyl sites for hydroxylation is 1. The van der Waals surface area contributed by atoms with Gasteiger partial charge < -0.3 is 14.6 Å². The largest absolute Gasteiger partial charge is 0.491 e. The van der Waals surface area contributed by atoms with Crippen LogP contribution in [0, 0.1) is 12.8 Å². The number of nitrogens with one attached hydrogen (secondary N) is 1. The Labute approximate surface area is 138 Å². The Morgan fingerprint density at radius 3 is 2.86 bits per heavy atom. The number of nitrogens with zero attached hydrogens (tertiary/aromatic N) is 1. The second kappa shape index (κ2) is 4.56. The number of hydrogen-bond donors (Lipinski definition) is 1. The summed E-state index contributed by atoms with van der Waals surface area (Å²) < 4.78 is 11.4. The van der Waals surface area contributed by atoms with E-state index in [2.05, 4.69) is 24.3 Å². The molecule has 1 aromatic carbocycles. The summed E-state index contributed by atoms with van der Waals surface area (Å²) >= 11 is 12.5. The first-order chi connectivity index (χ1) is 10.4. The van der Waals surface area contributed by atoms with Gasteiger partial charge >= 0.3 is 0 Å². The van der Waals surface area contributed by atoms with Crippen LogP contribution in [0.5, 0.6) is 5.75 Å². The predicted molar refractivity (Wildman–Crippen MR) is 86.1 cm³/mol. The van der Waals surface area contributed by atoms with Gasteiger partial charge in [0.2, 0.25) is 5.88 Å². The number of hydrogen-bond acceptors (Lipinski definition) is 4. The summed E-state index contributed by atoms with van der Waals surface area (Å²) in [6.07, 6.45) is 0. The molecule has 0 radical (unpaired) electrons. The zero-order chi connectivity index (χ0) is 15.6. The van der Waals surface area contributed by atoms with Gasteiger partial charge in [0.05, 0.1) is 23.4 Å². The third-order valence-corrected chi connectivity index (χ3v) is 5.40. The summed E-state index contributed by atoms with van der Waals surface area (Å²) in [5, 5.41) is 8.72. The first-order valence-corrected chi connectivity index (χ1v) is 8.00. The molecule has 2 atom stereocenters. The molecule has 6 heteroatoms. The van der Waals surface area contributed by atoms with Gasteiger partial charge in [-0.1, -0.05) is 42.2 Å². The van der Waals surface area contributed by atoms with Gasteiger partial charge in [0.1, 0.15) is 5.75 Å². The Morgan fingerprint density at radius 2 is 2.09 bits per heavy atom. The molecule has 2 aromatic rings. The Balaban J connectivity index is 1.90. The third kappa shape index (κ3) is 1.80. The molecule has 1 aromatic heterocycles. The summed E-state index contributed by atoms with van der Waals surface area (Å²) in [6.45, 7) is 6.96. The Hall–Kier alpha value is -1.39. The molecule has 0 saturated heterocycles. The molecule has 2 aliphatic heterocycles. The summed E-state index contributed by atoms with van der Waals surface area (Å²) in [5.74, 6) is 1.67. The number of benzene rings is 1. The highest BCUT2D eigenvalue weighted by molar-refractivity contribution is 6.35.